The molecule has 0 bridgehead atoms. The van der Waals surface area contributed by atoms with Crippen molar-refractivity contribution >= 4 is 39.5 Å². The van der Waals surface area contributed by atoms with Crippen LogP contribution in [0.4, 0.5) is 13.2 Å². The highest BCUT2D eigenvalue weighted by atomic mass is 127. The average molecular weight is 412 g/mol. The summed E-state index contributed by atoms with van der Waals surface area (Å²) < 4.78 is 38.8. The molecule has 0 saturated heterocycles. The van der Waals surface area contributed by atoms with Gasteiger partial charge in [0.25, 0.3) is 0 Å². The van der Waals surface area contributed by atoms with Gasteiger partial charge >= 0.3 is 12.1 Å². The molecule has 4 nitrogen and oxygen atoms in total. The summed E-state index contributed by atoms with van der Waals surface area (Å²) in [6, 6.07) is 3.21. The molecule has 0 aliphatic heterocycles. The Bertz CT molecular complexity index is 702. The Balaban J connectivity index is 2.52. The van der Waals surface area contributed by atoms with Crippen molar-refractivity contribution in [1.82, 2.24) is 9.94 Å². The van der Waals surface area contributed by atoms with Crippen LogP contribution in [0.2, 0.25) is 0 Å². The molecule has 0 aliphatic carbocycles. The maximum Gasteiger partial charge on any atom is 0.416 e. The van der Waals surface area contributed by atoms with E-state index in [0.717, 1.165) is 17.0 Å². The summed E-state index contributed by atoms with van der Waals surface area (Å²) in [5, 5.41) is 4.45. The lowest BCUT2D eigenvalue weighted by Crippen LogP contribution is -2.31. The summed E-state index contributed by atoms with van der Waals surface area (Å²) in [6.45, 7) is 4.94. The van der Waals surface area contributed by atoms with Crippen molar-refractivity contribution < 1.29 is 22.8 Å². The molecule has 1 heterocycles. The molecule has 0 atom stereocenters. The predicted octanol–water partition coefficient (Wildman–Crippen LogP) is 3.66. The molecule has 0 amide bonds. The topological polar surface area (TPSA) is 44.1 Å². The number of nitrogens with zero attached hydrogens (tertiary/aromatic N) is 2. The van der Waals surface area contributed by atoms with Gasteiger partial charge in [-0.1, -0.05) is 4.85 Å². The molecule has 2 aromatic rings. The summed E-state index contributed by atoms with van der Waals surface area (Å²) in [5.74, 6) is -0.583. The Kier molecular flexibility index (Phi) is 3.94. The highest BCUT2D eigenvalue weighted by Gasteiger charge is 2.32. The average Bonchev–Trinajstić information content (AvgIpc) is 2.64. The van der Waals surface area contributed by atoms with Crippen molar-refractivity contribution in [2.75, 3.05) is 0 Å². The number of halogens is 4. The fourth-order valence-electron chi connectivity index (χ4n) is 1.51. The summed E-state index contributed by atoms with van der Waals surface area (Å²) in [5.41, 5.74) is -1.50. The van der Waals surface area contributed by atoms with Crippen molar-refractivity contribution in [2.24, 2.45) is 5.41 Å². The second kappa shape index (κ2) is 5.15. The van der Waals surface area contributed by atoms with Gasteiger partial charge in [-0.15, -0.1) is 5.10 Å². The molecule has 0 unspecified atom stereocenters. The van der Waals surface area contributed by atoms with E-state index in [0.29, 0.717) is 9.09 Å². The van der Waals surface area contributed by atoms with E-state index in [1.807, 2.05) is 22.6 Å². The smallest absolute Gasteiger partial charge is 0.318 e. The first-order chi connectivity index (χ1) is 9.50. The SMILES string of the molecule is CC(C)(C)C(=O)On1nc(I)c2ccc(C(F)(F)F)cc21. The Labute approximate surface area is 132 Å². The van der Waals surface area contributed by atoms with Crippen LogP contribution < -0.4 is 4.84 Å². The largest absolute Gasteiger partial charge is 0.416 e. The Morgan fingerprint density at radius 1 is 1.29 bits per heavy atom. The third kappa shape index (κ3) is 3.30. The minimum atomic E-state index is -4.47. The minimum absolute atomic E-state index is 0.104. The van der Waals surface area contributed by atoms with E-state index in [9.17, 15) is 18.0 Å². The van der Waals surface area contributed by atoms with Gasteiger partial charge in [-0.25, -0.2) is 4.79 Å². The number of rotatable bonds is 1. The Morgan fingerprint density at radius 2 is 1.90 bits per heavy atom. The highest BCUT2D eigenvalue weighted by molar-refractivity contribution is 14.1. The van der Waals surface area contributed by atoms with Crippen molar-refractivity contribution in [2.45, 2.75) is 26.9 Å². The molecular weight excluding hydrogens is 400 g/mol. The predicted molar refractivity (Wildman–Crippen MR) is 78.5 cm³/mol. The van der Waals surface area contributed by atoms with Crippen LogP contribution >= 0.6 is 22.6 Å². The van der Waals surface area contributed by atoms with Gasteiger partial charge in [-0.2, -0.15) is 13.2 Å². The van der Waals surface area contributed by atoms with Crippen LogP contribution in [0.15, 0.2) is 18.2 Å². The van der Waals surface area contributed by atoms with Crippen LogP contribution in [-0.2, 0) is 11.0 Å². The van der Waals surface area contributed by atoms with Crippen LogP contribution in [0, 0.1) is 9.12 Å². The maximum absolute atomic E-state index is 12.8. The molecular formula is C13H12F3IN2O2. The van der Waals surface area contributed by atoms with Crippen molar-refractivity contribution in [3.05, 3.63) is 27.5 Å². The van der Waals surface area contributed by atoms with E-state index in [1.54, 1.807) is 20.8 Å². The second-order valence-corrected chi connectivity index (χ2v) is 6.54. The summed E-state index contributed by atoms with van der Waals surface area (Å²) in [7, 11) is 0. The highest BCUT2D eigenvalue weighted by Crippen LogP contribution is 2.32. The quantitative estimate of drug-likeness (QED) is 0.672. The van der Waals surface area contributed by atoms with Gasteiger partial charge in [0.1, 0.15) is 9.22 Å². The van der Waals surface area contributed by atoms with Gasteiger partial charge in [0.15, 0.2) is 0 Å². The lowest BCUT2D eigenvalue weighted by Gasteiger charge is -2.15. The zero-order valence-electron chi connectivity index (χ0n) is 11.5. The van der Waals surface area contributed by atoms with Crippen LogP contribution in [-0.4, -0.2) is 15.9 Å². The van der Waals surface area contributed by atoms with Crippen LogP contribution in [0.25, 0.3) is 10.9 Å². The number of hydrogen-bond donors (Lipinski definition) is 0. The van der Waals surface area contributed by atoms with Gasteiger partial charge < -0.3 is 4.84 Å². The summed E-state index contributed by atoms with van der Waals surface area (Å²) >= 11 is 1.87. The van der Waals surface area contributed by atoms with Crippen molar-refractivity contribution in [3.8, 4) is 0 Å². The Hall–Kier alpha value is -1.32. The van der Waals surface area contributed by atoms with E-state index in [2.05, 4.69) is 5.10 Å². The zero-order chi connectivity index (χ0) is 16.0. The lowest BCUT2D eigenvalue weighted by molar-refractivity contribution is -0.154. The number of hydrogen-bond acceptors (Lipinski definition) is 3. The number of alkyl halides is 3. The van der Waals surface area contributed by atoms with E-state index >= 15 is 0 Å². The molecule has 2 rings (SSSR count). The van der Waals surface area contributed by atoms with Crippen molar-refractivity contribution in [3.63, 3.8) is 0 Å². The summed E-state index contributed by atoms with van der Waals surface area (Å²) in [6.07, 6.45) is -4.47. The van der Waals surface area contributed by atoms with E-state index < -0.39 is 23.1 Å². The number of aromatic nitrogens is 2. The molecule has 0 radical (unpaired) electrons. The van der Waals surface area contributed by atoms with Crippen LogP contribution in [0.1, 0.15) is 26.3 Å². The molecule has 0 N–H and O–H groups in total. The molecule has 1 aromatic heterocycles. The molecule has 0 aliphatic rings. The number of carbonyl (C=O) groups is 1. The molecule has 1 aromatic carbocycles. The maximum atomic E-state index is 12.8. The fraction of sp³-hybridized carbons (Fsp3) is 0.385. The summed E-state index contributed by atoms with van der Waals surface area (Å²) in [4.78, 5) is 17.8. The molecule has 114 valence electrons. The number of fused-ring (bicyclic) bond motifs is 1. The third-order valence-electron chi connectivity index (χ3n) is 2.71. The standard InChI is InChI=1S/C13H12F3IN2O2/c1-12(2,3)11(20)21-19-9-6-7(13(14,15)16)4-5-8(9)10(17)18-19/h4-6H,1-3H3. The first kappa shape index (κ1) is 16.1. The first-order valence-electron chi connectivity index (χ1n) is 5.98. The van der Waals surface area contributed by atoms with Crippen LogP contribution in [0.5, 0.6) is 0 Å². The first-order valence-corrected chi connectivity index (χ1v) is 7.06. The zero-order valence-corrected chi connectivity index (χ0v) is 13.6. The monoisotopic (exact) mass is 412 g/mol. The van der Waals surface area contributed by atoms with E-state index in [1.165, 1.54) is 6.07 Å². The van der Waals surface area contributed by atoms with Gasteiger partial charge in [0.2, 0.25) is 0 Å². The van der Waals surface area contributed by atoms with Gasteiger partial charge in [0, 0.05) is 5.39 Å². The fourth-order valence-corrected chi connectivity index (χ4v) is 2.17. The number of carbonyl (C=O) groups excluding carboxylic acids is 1. The van der Waals surface area contributed by atoms with Crippen molar-refractivity contribution in [1.29, 1.82) is 0 Å². The van der Waals surface area contributed by atoms with E-state index in [-0.39, 0.29) is 5.52 Å². The third-order valence-corrected chi connectivity index (χ3v) is 3.51. The van der Waals surface area contributed by atoms with Gasteiger partial charge in [-0.3, -0.25) is 0 Å². The molecule has 8 heteroatoms. The second-order valence-electron chi connectivity index (χ2n) is 5.52. The van der Waals surface area contributed by atoms with Gasteiger partial charge in [0.05, 0.1) is 11.0 Å². The van der Waals surface area contributed by atoms with E-state index in [4.69, 9.17) is 4.84 Å². The number of benzene rings is 1. The minimum Gasteiger partial charge on any atom is -0.318 e. The normalized spacial score (nSPS) is 12.7. The molecule has 0 fully saturated rings. The molecule has 0 saturated carbocycles. The van der Waals surface area contributed by atoms with Crippen LogP contribution in [0.3, 0.4) is 0 Å². The molecule has 0 spiro atoms. The Morgan fingerprint density at radius 3 is 2.43 bits per heavy atom. The molecule has 21 heavy (non-hydrogen) atoms. The lowest BCUT2D eigenvalue weighted by atomic mass is 9.98. The van der Waals surface area contributed by atoms with Gasteiger partial charge in [-0.05, 0) is 61.6 Å².